The fourth-order valence-electron chi connectivity index (χ4n) is 1.14. The lowest BCUT2D eigenvalue weighted by Crippen LogP contribution is -2.15. The summed E-state index contributed by atoms with van der Waals surface area (Å²) >= 11 is 7.07. The van der Waals surface area contributed by atoms with Crippen LogP contribution < -0.4 is 0 Å². The normalized spacial score (nSPS) is 16.8. The molecule has 0 N–H and O–H groups in total. The molecule has 0 spiro atoms. The zero-order valence-corrected chi connectivity index (χ0v) is 9.91. The average Bonchev–Trinajstić information content (AvgIpc) is 2.00. The predicted octanol–water partition coefficient (Wildman–Crippen LogP) is 3.83. The van der Waals surface area contributed by atoms with Crippen molar-refractivity contribution in [1.29, 1.82) is 0 Å². The second-order valence-electron chi connectivity index (χ2n) is 2.65. The van der Waals surface area contributed by atoms with Crippen LogP contribution in [0.4, 0.5) is 0 Å². The maximum Gasteiger partial charge on any atom is 0.00625 e. The van der Waals surface area contributed by atoms with Crippen molar-refractivity contribution >= 4 is 31.9 Å². The number of halogens is 2. The van der Waals surface area contributed by atoms with E-state index in [1.165, 1.54) is 12.8 Å². The first kappa shape index (κ1) is 11.0. The molecule has 0 rings (SSSR count). The van der Waals surface area contributed by atoms with Gasteiger partial charge in [0.05, 0.1) is 0 Å². The maximum absolute atomic E-state index is 3.54. The van der Waals surface area contributed by atoms with Crippen molar-refractivity contribution < 1.29 is 0 Å². The summed E-state index contributed by atoms with van der Waals surface area (Å²) in [5, 5.41) is 2.29. The van der Waals surface area contributed by atoms with Gasteiger partial charge in [-0.25, -0.2) is 0 Å². The van der Waals surface area contributed by atoms with Crippen molar-refractivity contribution in [3.8, 4) is 0 Å². The Morgan fingerprint density at radius 1 is 0.900 bits per heavy atom. The Kier molecular flexibility index (Phi) is 7.30. The third kappa shape index (κ3) is 3.38. The van der Waals surface area contributed by atoms with Crippen LogP contribution in [0.15, 0.2) is 0 Å². The second-order valence-corrected chi connectivity index (χ2v) is 3.94. The van der Waals surface area contributed by atoms with Crippen molar-refractivity contribution in [3.63, 3.8) is 0 Å². The minimum Gasteiger partial charge on any atom is -0.0925 e. The summed E-state index contributed by atoms with van der Waals surface area (Å²) in [4.78, 5) is 0. The lowest BCUT2D eigenvalue weighted by molar-refractivity contribution is 0.384. The Bertz CT molecular complexity index is 55.7. The highest BCUT2D eigenvalue weighted by Gasteiger charge is 2.14. The van der Waals surface area contributed by atoms with Gasteiger partial charge in [0.2, 0.25) is 0 Å². The van der Waals surface area contributed by atoms with Crippen LogP contribution in [0.25, 0.3) is 0 Å². The van der Waals surface area contributed by atoms with Crippen LogP contribution in [0, 0.1) is 11.8 Å². The van der Waals surface area contributed by atoms with Gasteiger partial charge in [-0.15, -0.1) is 0 Å². The standard InChI is InChI=1S/C8H16Br2/c1-3-7(5-9)8(4-2)6-10/h7-8H,3-6H2,1-2H3. The van der Waals surface area contributed by atoms with E-state index in [9.17, 15) is 0 Å². The van der Waals surface area contributed by atoms with Gasteiger partial charge in [-0.1, -0.05) is 58.5 Å². The van der Waals surface area contributed by atoms with E-state index in [0.717, 1.165) is 22.5 Å². The summed E-state index contributed by atoms with van der Waals surface area (Å²) < 4.78 is 0. The summed E-state index contributed by atoms with van der Waals surface area (Å²) in [6.45, 7) is 4.52. The van der Waals surface area contributed by atoms with Crippen molar-refractivity contribution in [2.75, 3.05) is 10.7 Å². The highest BCUT2D eigenvalue weighted by atomic mass is 79.9. The maximum atomic E-state index is 3.54. The predicted molar refractivity (Wildman–Crippen MR) is 55.2 cm³/mol. The van der Waals surface area contributed by atoms with Gasteiger partial charge in [-0.05, 0) is 11.8 Å². The molecule has 0 aromatic carbocycles. The molecule has 0 amide bonds. The number of alkyl halides is 2. The van der Waals surface area contributed by atoms with E-state index in [4.69, 9.17) is 0 Å². The molecule has 0 radical (unpaired) electrons. The zero-order chi connectivity index (χ0) is 7.98. The highest BCUT2D eigenvalue weighted by molar-refractivity contribution is 9.09. The van der Waals surface area contributed by atoms with E-state index in [1.807, 2.05) is 0 Å². The number of hydrogen-bond donors (Lipinski definition) is 0. The first-order chi connectivity index (χ1) is 4.79. The van der Waals surface area contributed by atoms with Gasteiger partial charge in [0, 0.05) is 10.7 Å². The molecule has 2 heteroatoms. The minimum absolute atomic E-state index is 0.851. The largest absolute Gasteiger partial charge is 0.0925 e. The molecule has 0 aromatic heterocycles. The lowest BCUT2D eigenvalue weighted by Gasteiger charge is -2.20. The van der Waals surface area contributed by atoms with Crippen LogP contribution in [-0.2, 0) is 0 Å². The van der Waals surface area contributed by atoms with E-state index in [1.54, 1.807) is 0 Å². The number of rotatable bonds is 5. The summed E-state index contributed by atoms with van der Waals surface area (Å²) in [5.74, 6) is 1.70. The van der Waals surface area contributed by atoms with Gasteiger partial charge in [-0.3, -0.25) is 0 Å². The molecular formula is C8H16Br2. The zero-order valence-electron chi connectivity index (χ0n) is 6.74. The fourth-order valence-corrected chi connectivity index (χ4v) is 3.11. The third-order valence-corrected chi connectivity index (χ3v) is 3.78. The van der Waals surface area contributed by atoms with E-state index < -0.39 is 0 Å². The van der Waals surface area contributed by atoms with Crippen LogP contribution in [0.3, 0.4) is 0 Å². The van der Waals surface area contributed by atoms with Crippen LogP contribution in [-0.4, -0.2) is 10.7 Å². The van der Waals surface area contributed by atoms with Crippen molar-refractivity contribution in [3.05, 3.63) is 0 Å². The first-order valence-corrected chi connectivity index (χ1v) is 6.16. The molecule has 2 atom stereocenters. The summed E-state index contributed by atoms with van der Waals surface area (Å²) in [6.07, 6.45) is 2.57. The van der Waals surface area contributed by atoms with Crippen LogP contribution in [0.5, 0.6) is 0 Å². The Balaban J connectivity index is 3.70. The van der Waals surface area contributed by atoms with Crippen molar-refractivity contribution in [1.82, 2.24) is 0 Å². The fraction of sp³-hybridized carbons (Fsp3) is 1.00. The Morgan fingerprint density at radius 2 is 1.20 bits per heavy atom. The second kappa shape index (κ2) is 6.66. The van der Waals surface area contributed by atoms with Crippen LogP contribution >= 0.6 is 31.9 Å². The molecular weight excluding hydrogens is 256 g/mol. The lowest BCUT2D eigenvalue weighted by atomic mass is 9.91. The summed E-state index contributed by atoms with van der Waals surface area (Å²) in [6, 6.07) is 0. The van der Waals surface area contributed by atoms with Gasteiger partial charge in [0.1, 0.15) is 0 Å². The molecule has 0 aliphatic rings. The van der Waals surface area contributed by atoms with Crippen LogP contribution in [0.2, 0.25) is 0 Å². The molecule has 0 bridgehead atoms. The van der Waals surface area contributed by atoms with Gasteiger partial charge in [0.15, 0.2) is 0 Å². The van der Waals surface area contributed by atoms with E-state index in [2.05, 4.69) is 45.7 Å². The molecule has 0 heterocycles. The van der Waals surface area contributed by atoms with Crippen molar-refractivity contribution in [2.45, 2.75) is 26.7 Å². The first-order valence-electron chi connectivity index (χ1n) is 3.92. The molecule has 0 saturated heterocycles. The Labute approximate surface area is 81.0 Å². The van der Waals surface area contributed by atoms with E-state index in [0.29, 0.717) is 0 Å². The molecule has 0 aliphatic heterocycles. The van der Waals surface area contributed by atoms with Gasteiger partial charge >= 0.3 is 0 Å². The molecule has 0 aliphatic carbocycles. The monoisotopic (exact) mass is 270 g/mol. The third-order valence-electron chi connectivity index (χ3n) is 2.11. The molecule has 0 fully saturated rings. The highest BCUT2D eigenvalue weighted by Crippen LogP contribution is 2.22. The van der Waals surface area contributed by atoms with Gasteiger partial charge < -0.3 is 0 Å². The van der Waals surface area contributed by atoms with E-state index >= 15 is 0 Å². The van der Waals surface area contributed by atoms with Crippen molar-refractivity contribution in [2.24, 2.45) is 11.8 Å². The van der Waals surface area contributed by atoms with E-state index in [-0.39, 0.29) is 0 Å². The molecule has 2 unspecified atom stereocenters. The van der Waals surface area contributed by atoms with Crippen LogP contribution in [0.1, 0.15) is 26.7 Å². The average molecular weight is 272 g/mol. The molecule has 0 saturated carbocycles. The summed E-state index contributed by atoms with van der Waals surface area (Å²) in [5.41, 5.74) is 0. The summed E-state index contributed by atoms with van der Waals surface area (Å²) in [7, 11) is 0. The quantitative estimate of drug-likeness (QED) is 0.667. The topological polar surface area (TPSA) is 0 Å². The minimum atomic E-state index is 0.851. The van der Waals surface area contributed by atoms with Gasteiger partial charge in [-0.2, -0.15) is 0 Å². The molecule has 10 heavy (non-hydrogen) atoms. The molecule has 62 valence electrons. The Hall–Kier alpha value is 0.960. The van der Waals surface area contributed by atoms with Gasteiger partial charge in [0.25, 0.3) is 0 Å². The smallest absolute Gasteiger partial charge is 0.00625 e. The Morgan fingerprint density at radius 3 is 1.30 bits per heavy atom. The number of hydrogen-bond acceptors (Lipinski definition) is 0. The molecule has 0 aromatic rings. The molecule has 0 nitrogen and oxygen atoms in total. The SMILES string of the molecule is CCC(CBr)C(CC)CBr.